The van der Waals surface area contributed by atoms with E-state index in [0.29, 0.717) is 22.2 Å². The number of amides is 1. The first-order valence-corrected chi connectivity index (χ1v) is 7.94. The number of carbonyl (C=O) groups is 1. The molecule has 0 unspecified atom stereocenters. The second-order valence-electron chi connectivity index (χ2n) is 5.10. The normalized spacial score (nSPS) is 10.7. The lowest BCUT2D eigenvalue weighted by atomic mass is 10.1. The minimum absolute atomic E-state index is 0.266. The molecule has 126 valence electrons. The summed E-state index contributed by atoms with van der Waals surface area (Å²) in [6, 6.07) is 11.3. The molecule has 4 nitrogen and oxygen atoms in total. The molecule has 1 N–H and O–H groups in total. The molecule has 0 radical (unpaired) electrons. The predicted molar refractivity (Wildman–Crippen MR) is 98.0 cm³/mol. The Bertz CT molecular complexity index is 739. The summed E-state index contributed by atoms with van der Waals surface area (Å²) in [6.07, 6.45) is 4.22. The van der Waals surface area contributed by atoms with Crippen LogP contribution in [0.25, 0.3) is 6.08 Å². The Hall–Kier alpha value is -2.46. The lowest BCUT2D eigenvalue weighted by molar-refractivity contribution is -0.111. The Kier molecular flexibility index (Phi) is 6.27. The third-order valence-corrected chi connectivity index (χ3v) is 3.84. The molecular weight excluding hydrogens is 326 g/mol. The third kappa shape index (κ3) is 4.52. The second kappa shape index (κ2) is 8.41. The van der Waals surface area contributed by atoms with Crippen LogP contribution in [0.15, 0.2) is 42.5 Å². The molecule has 24 heavy (non-hydrogen) atoms. The number of carbonyl (C=O) groups excluding carboxylic acids is 1. The van der Waals surface area contributed by atoms with Gasteiger partial charge in [0, 0.05) is 18.2 Å². The first-order chi connectivity index (χ1) is 11.6. The van der Waals surface area contributed by atoms with Crippen molar-refractivity contribution < 1.29 is 14.3 Å². The van der Waals surface area contributed by atoms with E-state index in [1.54, 1.807) is 18.2 Å². The van der Waals surface area contributed by atoms with E-state index in [4.69, 9.17) is 21.1 Å². The number of hydrogen-bond acceptors (Lipinski definition) is 3. The number of halogens is 1. The number of benzene rings is 2. The smallest absolute Gasteiger partial charge is 0.248 e. The van der Waals surface area contributed by atoms with Gasteiger partial charge in [-0.1, -0.05) is 42.8 Å². The number of ether oxygens (including phenoxy) is 2. The van der Waals surface area contributed by atoms with Crippen molar-refractivity contribution in [2.24, 2.45) is 0 Å². The molecule has 0 aromatic heterocycles. The van der Waals surface area contributed by atoms with Crippen LogP contribution in [0.3, 0.4) is 0 Å². The molecule has 2 aromatic carbocycles. The molecule has 5 heteroatoms. The summed E-state index contributed by atoms with van der Waals surface area (Å²) in [6.45, 7) is 2.10. The van der Waals surface area contributed by atoms with Gasteiger partial charge < -0.3 is 14.8 Å². The van der Waals surface area contributed by atoms with E-state index in [-0.39, 0.29) is 5.91 Å². The van der Waals surface area contributed by atoms with Gasteiger partial charge in [-0.2, -0.15) is 0 Å². The van der Waals surface area contributed by atoms with Gasteiger partial charge in [0.25, 0.3) is 0 Å². The average Bonchev–Trinajstić information content (AvgIpc) is 2.61. The zero-order valence-corrected chi connectivity index (χ0v) is 14.7. The predicted octanol–water partition coefficient (Wildman–Crippen LogP) is 4.57. The maximum atomic E-state index is 12.1. The number of hydrogen-bond donors (Lipinski definition) is 1. The fourth-order valence-corrected chi connectivity index (χ4v) is 2.40. The zero-order valence-electron chi connectivity index (χ0n) is 13.9. The van der Waals surface area contributed by atoms with Crippen LogP contribution in [-0.4, -0.2) is 20.1 Å². The number of rotatable bonds is 6. The first kappa shape index (κ1) is 17.9. The van der Waals surface area contributed by atoms with E-state index in [9.17, 15) is 4.79 Å². The average molecular weight is 346 g/mol. The Morgan fingerprint density at radius 2 is 1.79 bits per heavy atom. The fourth-order valence-electron chi connectivity index (χ4n) is 2.17. The van der Waals surface area contributed by atoms with Crippen molar-refractivity contribution in [3.63, 3.8) is 0 Å². The highest BCUT2D eigenvalue weighted by Gasteiger charge is 2.11. The lowest BCUT2D eigenvalue weighted by Gasteiger charge is -2.12. The van der Waals surface area contributed by atoms with Crippen molar-refractivity contribution >= 4 is 29.3 Å². The monoisotopic (exact) mass is 345 g/mol. The maximum absolute atomic E-state index is 12.1. The number of nitrogens with one attached hydrogen (secondary N) is 1. The Labute approximate surface area is 147 Å². The minimum atomic E-state index is -0.266. The largest absolute Gasteiger partial charge is 0.495 e. The summed E-state index contributed by atoms with van der Waals surface area (Å²) < 4.78 is 10.4. The minimum Gasteiger partial charge on any atom is -0.495 e. The number of methoxy groups -OCH3 is 2. The van der Waals surface area contributed by atoms with E-state index in [0.717, 1.165) is 12.0 Å². The van der Waals surface area contributed by atoms with Gasteiger partial charge in [-0.15, -0.1) is 0 Å². The van der Waals surface area contributed by atoms with Crippen LogP contribution in [0.2, 0.25) is 5.02 Å². The van der Waals surface area contributed by atoms with Gasteiger partial charge in [0.05, 0.1) is 24.9 Å². The summed E-state index contributed by atoms with van der Waals surface area (Å²) in [5, 5.41) is 3.18. The topological polar surface area (TPSA) is 47.6 Å². The third-order valence-electron chi connectivity index (χ3n) is 3.55. The highest BCUT2D eigenvalue weighted by molar-refractivity contribution is 6.32. The standard InChI is InChI=1S/C19H20ClNO3/c1-4-13-5-7-14(8-6-13)9-10-19(22)21-16-12-17(23-2)15(20)11-18(16)24-3/h5-12H,4H2,1-3H3,(H,21,22)/b10-9+. The molecule has 1 amide bonds. The molecule has 0 heterocycles. The molecule has 0 bridgehead atoms. The van der Waals surface area contributed by atoms with Crippen LogP contribution in [0.4, 0.5) is 5.69 Å². The van der Waals surface area contributed by atoms with Crippen molar-refractivity contribution in [3.8, 4) is 11.5 Å². The SMILES string of the molecule is CCc1ccc(/C=C/C(=O)Nc2cc(OC)c(Cl)cc2OC)cc1. The Balaban J connectivity index is 2.12. The van der Waals surface area contributed by atoms with Crippen LogP contribution in [0.5, 0.6) is 11.5 Å². The van der Waals surface area contributed by atoms with Crippen LogP contribution < -0.4 is 14.8 Å². The summed E-state index contributed by atoms with van der Waals surface area (Å²) in [7, 11) is 3.03. The Morgan fingerprint density at radius 1 is 1.12 bits per heavy atom. The summed E-state index contributed by atoms with van der Waals surface area (Å²) in [5.74, 6) is 0.666. The van der Waals surface area contributed by atoms with Crippen LogP contribution in [0, 0.1) is 0 Å². The highest BCUT2D eigenvalue weighted by Crippen LogP contribution is 2.35. The van der Waals surface area contributed by atoms with Gasteiger partial charge in [0.15, 0.2) is 0 Å². The molecule has 0 saturated carbocycles. The molecule has 0 aliphatic rings. The molecule has 2 rings (SSSR count). The maximum Gasteiger partial charge on any atom is 0.248 e. The van der Waals surface area contributed by atoms with Crippen LogP contribution in [0.1, 0.15) is 18.1 Å². The van der Waals surface area contributed by atoms with E-state index in [2.05, 4.69) is 12.2 Å². The van der Waals surface area contributed by atoms with Gasteiger partial charge in [-0.3, -0.25) is 4.79 Å². The molecule has 0 spiro atoms. The quantitative estimate of drug-likeness (QED) is 0.780. The summed E-state index contributed by atoms with van der Waals surface area (Å²) in [5.41, 5.74) is 2.72. The Morgan fingerprint density at radius 3 is 2.38 bits per heavy atom. The van der Waals surface area contributed by atoms with E-state index in [1.165, 1.54) is 25.9 Å². The van der Waals surface area contributed by atoms with Crippen molar-refractivity contribution in [1.82, 2.24) is 0 Å². The lowest BCUT2D eigenvalue weighted by Crippen LogP contribution is -2.09. The van der Waals surface area contributed by atoms with E-state index in [1.807, 2.05) is 24.3 Å². The van der Waals surface area contributed by atoms with Gasteiger partial charge in [-0.05, 0) is 23.6 Å². The van der Waals surface area contributed by atoms with E-state index < -0.39 is 0 Å². The number of aryl methyl sites for hydroxylation is 1. The summed E-state index contributed by atoms with van der Waals surface area (Å²) in [4.78, 5) is 12.1. The zero-order chi connectivity index (χ0) is 17.5. The fraction of sp³-hybridized carbons (Fsp3) is 0.211. The van der Waals surface area contributed by atoms with E-state index >= 15 is 0 Å². The molecule has 0 saturated heterocycles. The first-order valence-electron chi connectivity index (χ1n) is 7.57. The van der Waals surface area contributed by atoms with Crippen molar-refractivity contribution in [2.45, 2.75) is 13.3 Å². The van der Waals surface area contributed by atoms with Gasteiger partial charge in [0.1, 0.15) is 11.5 Å². The molecule has 2 aromatic rings. The summed E-state index contributed by atoms with van der Waals surface area (Å²) >= 11 is 6.05. The van der Waals surface area contributed by atoms with Crippen LogP contribution >= 0.6 is 11.6 Å². The second-order valence-corrected chi connectivity index (χ2v) is 5.51. The van der Waals surface area contributed by atoms with Gasteiger partial charge >= 0.3 is 0 Å². The number of anilines is 1. The van der Waals surface area contributed by atoms with Crippen molar-refractivity contribution in [3.05, 3.63) is 58.6 Å². The highest BCUT2D eigenvalue weighted by atomic mass is 35.5. The van der Waals surface area contributed by atoms with Gasteiger partial charge in [0.2, 0.25) is 5.91 Å². The molecule has 0 fully saturated rings. The molecular formula is C19H20ClNO3. The van der Waals surface area contributed by atoms with Crippen molar-refractivity contribution in [1.29, 1.82) is 0 Å². The molecule has 0 aliphatic heterocycles. The molecule has 0 atom stereocenters. The molecule has 0 aliphatic carbocycles. The van der Waals surface area contributed by atoms with Crippen molar-refractivity contribution in [2.75, 3.05) is 19.5 Å². The van der Waals surface area contributed by atoms with Crippen LogP contribution in [-0.2, 0) is 11.2 Å². The van der Waals surface area contributed by atoms with Gasteiger partial charge in [-0.25, -0.2) is 0 Å².